The summed E-state index contributed by atoms with van der Waals surface area (Å²) >= 11 is 0. The Morgan fingerprint density at radius 2 is 2.09 bits per heavy atom. The molecule has 0 saturated carbocycles. The van der Waals surface area contributed by atoms with Gasteiger partial charge in [-0.3, -0.25) is 14.4 Å². The number of carbonyl (C=O) groups excluding carboxylic acids is 2. The van der Waals surface area contributed by atoms with E-state index < -0.39 is 17.8 Å². The molecule has 0 spiro atoms. The molecule has 5 nitrogen and oxygen atoms in total. The quantitative estimate of drug-likeness (QED) is 0.493. The fourth-order valence-corrected chi connectivity index (χ4v) is 0.486. The van der Waals surface area contributed by atoms with E-state index in [4.69, 9.17) is 10.8 Å². The second-order valence-corrected chi connectivity index (χ2v) is 2.01. The van der Waals surface area contributed by atoms with Gasteiger partial charge in [0.25, 0.3) is 6.29 Å². The van der Waals surface area contributed by atoms with Crippen LogP contribution in [0.15, 0.2) is 0 Å². The van der Waals surface area contributed by atoms with Crippen LogP contribution in [0.1, 0.15) is 12.8 Å². The van der Waals surface area contributed by atoms with E-state index >= 15 is 0 Å². The summed E-state index contributed by atoms with van der Waals surface area (Å²) in [5.74, 6) is -1.93. The van der Waals surface area contributed by atoms with Gasteiger partial charge in [0, 0.05) is 6.42 Å². The van der Waals surface area contributed by atoms with Crippen LogP contribution in [0.3, 0.4) is 0 Å². The second kappa shape index (κ2) is 4.56. The molecule has 11 heavy (non-hydrogen) atoms. The van der Waals surface area contributed by atoms with Gasteiger partial charge in [-0.15, -0.1) is 0 Å². The van der Waals surface area contributed by atoms with Crippen LogP contribution in [0.5, 0.6) is 0 Å². The number of carboxylic acid groups (broad SMARTS) is 1. The Morgan fingerprint density at radius 1 is 1.55 bits per heavy atom. The van der Waals surface area contributed by atoms with Gasteiger partial charge >= 0.3 is 5.97 Å². The van der Waals surface area contributed by atoms with E-state index in [-0.39, 0.29) is 12.8 Å². The van der Waals surface area contributed by atoms with Crippen molar-refractivity contribution in [3.63, 3.8) is 0 Å². The lowest BCUT2D eigenvalue weighted by atomic mass is 10.1. The Hall–Kier alpha value is -1.23. The Labute approximate surface area is 63.2 Å². The van der Waals surface area contributed by atoms with Crippen molar-refractivity contribution < 1.29 is 19.5 Å². The SMILES string of the molecule is N[C@@H](CCC(=O)O)C(=O)[C]=O. The Morgan fingerprint density at radius 3 is 2.45 bits per heavy atom. The van der Waals surface area contributed by atoms with Gasteiger partial charge in [0.1, 0.15) is 0 Å². The maximum atomic E-state index is 10.4. The minimum atomic E-state index is -1.04. The molecule has 3 N–H and O–H groups in total. The van der Waals surface area contributed by atoms with E-state index in [1.807, 2.05) is 0 Å². The monoisotopic (exact) mass is 158 g/mol. The molecule has 0 rings (SSSR count). The van der Waals surface area contributed by atoms with E-state index in [1.54, 1.807) is 0 Å². The molecule has 0 saturated heterocycles. The number of carbonyl (C=O) groups is 2. The van der Waals surface area contributed by atoms with Gasteiger partial charge in [-0.2, -0.15) is 0 Å². The van der Waals surface area contributed by atoms with Crippen LogP contribution in [0.25, 0.3) is 0 Å². The fraction of sp³-hybridized carbons (Fsp3) is 0.500. The van der Waals surface area contributed by atoms with Crippen molar-refractivity contribution in [2.45, 2.75) is 18.9 Å². The molecule has 0 aliphatic heterocycles. The van der Waals surface area contributed by atoms with Gasteiger partial charge in [0.05, 0.1) is 6.04 Å². The number of hydrogen-bond donors (Lipinski definition) is 2. The molecule has 1 radical (unpaired) electrons. The summed E-state index contributed by atoms with van der Waals surface area (Å²) in [5.41, 5.74) is 5.10. The minimum Gasteiger partial charge on any atom is -0.481 e. The Balaban J connectivity index is 3.68. The molecule has 0 unspecified atom stereocenters. The number of aliphatic carboxylic acids is 1. The number of carboxylic acids is 1. The molecule has 0 aromatic carbocycles. The second-order valence-electron chi connectivity index (χ2n) is 2.01. The maximum absolute atomic E-state index is 10.4. The largest absolute Gasteiger partial charge is 0.481 e. The highest BCUT2D eigenvalue weighted by Gasteiger charge is 2.13. The summed E-state index contributed by atoms with van der Waals surface area (Å²) in [5, 5.41) is 8.15. The van der Waals surface area contributed by atoms with Crippen LogP contribution in [0.4, 0.5) is 0 Å². The van der Waals surface area contributed by atoms with Crippen LogP contribution in [0, 0.1) is 0 Å². The van der Waals surface area contributed by atoms with Crippen molar-refractivity contribution in [3.8, 4) is 0 Å². The lowest BCUT2D eigenvalue weighted by molar-refractivity contribution is -0.137. The van der Waals surface area contributed by atoms with Gasteiger partial charge in [-0.1, -0.05) is 0 Å². The van der Waals surface area contributed by atoms with Crippen LogP contribution in [0.2, 0.25) is 0 Å². The van der Waals surface area contributed by atoms with Crippen molar-refractivity contribution >= 4 is 18.0 Å². The van der Waals surface area contributed by atoms with E-state index in [0.717, 1.165) is 6.29 Å². The molecule has 0 aliphatic rings. The standard InChI is InChI=1S/C6H8NO4/c7-4(5(9)3-8)1-2-6(10)11/h4H,1-2,7H2,(H,10,11)/t4-/m0/s1. The molecule has 61 valence electrons. The van der Waals surface area contributed by atoms with Crippen molar-refractivity contribution in [2.75, 3.05) is 0 Å². The predicted molar refractivity (Wildman–Crippen MR) is 35.5 cm³/mol. The van der Waals surface area contributed by atoms with Crippen LogP contribution < -0.4 is 5.73 Å². The summed E-state index contributed by atoms with van der Waals surface area (Å²) in [6.07, 6.45) is 0.843. The first-order valence-corrected chi connectivity index (χ1v) is 2.97. The normalized spacial score (nSPS) is 12.1. The Kier molecular flexibility index (Phi) is 4.05. The first-order valence-electron chi connectivity index (χ1n) is 2.97. The molecule has 0 aromatic heterocycles. The summed E-state index contributed by atoms with van der Waals surface area (Å²) in [6.45, 7) is 0. The number of ketones is 1. The molecule has 1 atom stereocenters. The first kappa shape index (κ1) is 9.77. The lowest BCUT2D eigenvalue weighted by Crippen LogP contribution is -2.31. The smallest absolute Gasteiger partial charge is 0.303 e. The third-order valence-corrected chi connectivity index (χ3v) is 1.11. The topological polar surface area (TPSA) is 97.5 Å². The van der Waals surface area contributed by atoms with Crippen molar-refractivity contribution in [1.82, 2.24) is 0 Å². The van der Waals surface area contributed by atoms with Gasteiger partial charge in [0.15, 0.2) is 0 Å². The highest BCUT2D eigenvalue weighted by Crippen LogP contribution is 1.94. The van der Waals surface area contributed by atoms with Crippen LogP contribution in [-0.4, -0.2) is 29.2 Å². The van der Waals surface area contributed by atoms with Crippen LogP contribution >= 0.6 is 0 Å². The average Bonchev–Trinajstić information content (AvgIpc) is 1.98. The van der Waals surface area contributed by atoms with Crippen LogP contribution in [-0.2, 0) is 14.4 Å². The highest BCUT2D eigenvalue weighted by atomic mass is 16.4. The molecule has 0 fully saturated rings. The molecule has 0 aromatic rings. The average molecular weight is 158 g/mol. The summed E-state index contributed by atoms with van der Waals surface area (Å²) < 4.78 is 0. The van der Waals surface area contributed by atoms with E-state index in [9.17, 15) is 14.4 Å². The maximum Gasteiger partial charge on any atom is 0.303 e. The van der Waals surface area contributed by atoms with E-state index in [1.165, 1.54) is 0 Å². The molecule has 5 heteroatoms. The van der Waals surface area contributed by atoms with E-state index in [0.29, 0.717) is 0 Å². The third-order valence-electron chi connectivity index (χ3n) is 1.11. The minimum absolute atomic E-state index is 0.0244. The Bertz CT molecular complexity index is 177. The number of hydrogen-bond acceptors (Lipinski definition) is 4. The van der Waals surface area contributed by atoms with Gasteiger partial charge in [-0.05, 0) is 6.42 Å². The fourth-order valence-electron chi connectivity index (χ4n) is 0.486. The molecule has 0 aliphatic carbocycles. The lowest BCUT2D eigenvalue weighted by Gasteiger charge is -2.01. The van der Waals surface area contributed by atoms with Crippen molar-refractivity contribution in [2.24, 2.45) is 5.73 Å². The zero-order valence-corrected chi connectivity index (χ0v) is 5.74. The first-order chi connectivity index (χ1) is 5.07. The molecule has 0 amide bonds. The predicted octanol–water partition coefficient (Wildman–Crippen LogP) is -1.14. The van der Waals surface area contributed by atoms with Crippen molar-refractivity contribution in [3.05, 3.63) is 0 Å². The third kappa shape index (κ3) is 4.21. The number of Topliss-reactive ketones (excluding diaryl/α,β-unsaturated/α-hetero) is 1. The molecular formula is C6H8NO4. The van der Waals surface area contributed by atoms with Gasteiger partial charge in [-0.25, -0.2) is 0 Å². The molecular weight excluding hydrogens is 150 g/mol. The summed E-state index contributed by atoms with van der Waals surface area (Å²) in [7, 11) is 0. The zero-order chi connectivity index (χ0) is 8.85. The number of rotatable bonds is 5. The summed E-state index contributed by atoms with van der Waals surface area (Å²) in [4.78, 5) is 30.0. The molecule has 0 bridgehead atoms. The number of nitrogens with two attached hydrogens (primary N) is 1. The van der Waals surface area contributed by atoms with Gasteiger partial charge in [0.2, 0.25) is 5.78 Å². The van der Waals surface area contributed by atoms with E-state index in [2.05, 4.69) is 0 Å². The van der Waals surface area contributed by atoms with Crippen molar-refractivity contribution in [1.29, 1.82) is 0 Å². The molecule has 0 heterocycles. The van der Waals surface area contributed by atoms with Gasteiger partial charge < -0.3 is 10.8 Å². The zero-order valence-electron chi connectivity index (χ0n) is 5.74. The highest BCUT2D eigenvalue weighted by molar-refractivity contribution is 6.27. The summed E-state index contributed by atoms with van der Waals surface area (Å²) in [6, 6.07) is -1.02.